The van der Waals surface area contributed by atoms with Crippen molar-refractivity contribution in [2.75, 3.05) is 13.6 Å². The lowest BCUT2D eigenvalue weighted by Gasteiger charge is -2.20. The molecule has 0 aliphatic heterocycles. The maximum Gasteiger partial charge on any atom is 0.317 e. The Morgan fingerprint density at radius 1 is 1.54 bits per heavy atom. The average molecular weight is 188 g/mol. The minimum absolute atomic E-state index is 0.0153. The van der Waals surface area contributed by atoms with Gasteiger partial charge in [-0.2, -0.15) is 0 Å². The fraction of sp³-hybridized carbons (Fsp3) is 0.889. The molecule has 0 fully saturated rings. The summed E-state index contributed by atoms with van der Waals surface area (Å²) in [6, 6.07) is -0.0721. The minimum atomic E-state index is -0.373. The molecule has 0 aromatic heterocycles. The maximum atomic E-state index is 11.3. The standard InChI is InChI=1S/C9H20N2O2/c1-5-11(4)9(13)10-7(2)6-8(3)12/h7-8,12H,5-6H2,1-4H3,(H,10,13). The average Bonchev–Trinajstić information content (AvgIpc) is 2.01. The molecule has 0 heterocycles. The highest BCUT2D eigenvalue weighted by Crippen LogP contribution is 1.97. The molecule has 2 N–H and O–H groups in total. The molecule has 0 bridgehead atoms. The summed E-state index contributed by atoms with van der Waals surface area (Å²) < 4.78 is 0. The molecule has 4 nitrogen and oxygen atoms in total. The van der Waals surface area contributed by atoms with Gasteiger partial charge in [-0.3, -0.25) is 0 Å². The van der Waals surface area contributed by atoms with Crippen LogP contribution in [0.25, 0.3) is 0 Å². The molecule has 2 amide bonds. The van der Waals surface area contributed by atoms with Crippen molar-refractivity contribution < 1.29 is 9.90 Å². The number of hydrogen-bond donors (Lipinski definition) is 2. The molecule has 0 aliphatic carbocycles. The lowest BCUT2D eigenvalue weighted by atomic mass is 10.2. The number of nitrogens with zero attached hydrogens (tertiary/aromatic N) is 1. The predicted molar refractivity (Wildman–Crippen MR) is 52.6 cm³/mol. The van der Waals surface area contributed by atoms with Gasteiger partial charge in [0.1, 0.15) is 0 Å². The highest BCUT2D eigenvalue weighted by atomic mass is 16.3. The monoisotopic (exact) mass is 188 g/mol. The molecule has 0 radical (unpaired) electrons. The van der Waals surface area contributed by atoms with E-state index in [1.54, 1.807) is 18.9 Å². The van der Waals surface area contributed by atoms with Crippen molar-refractivity contribution in [1.82, 2.24) is 10.2 Å². The van der Waals surface area contributed by atoms with Crippen molar-refractivity contribution in [2.45, 2.75) is 39.3 Å². The second kappa shape index (κ2) is 5.80. The molecular formula is C9H20N2O2. The first-order chi connectivity index (χ1) is 5.97. The SMILES string of the molecule is CCN(C)C(=O)NC(C)CC(C)O. The van der Waals surface area contributed by atoms with Crippen molar-refractivity contribution in [1.29, 1.82) is 0 Å². The lowest BCUT2D eigenvalue weighted by Crippen LogP contribution is -2.42. The summed E-state index contributed by atoms with van der Waals surface area (Å²) >= 11 is 0. The lowest BCUT2D eigenvalue weighted by molar-refractivity contribution is 0.166. The summed E-state index contributed by atoms with van der Waals surface area (Å²) in [7, 11) is 1.74. The Kier molecular flexibility index (Phi) is 5.46. The number of aliphatic hydroxyl groups excluding tert-OH is 1. The Bertz CT molecular complexity index is 160. The molecule has 0 rings (SSSR count). The number of nitrogens with one attached hydrogen (secondary N) is 1. The zero-order valence-electron chi connectivity index (χ0n) is 8.87. The zero-order valence-corrected chi connectivity index (χ0v) is 8.87. The molecule has 0 saturated heterocycles. The van der Waals surface area contributed by atoms with Crippen LogP contribution < -0.4 is 5.32 Å². The molecule has 2 unspecified atom stereocenters. The van der Waals surface area contributed by atoms with Crippen LogP contribution in [-0.2, 0) is 0 Å². The first kappa shape index (κ1) is 12.2. The van der Waals surface area contributed by atoms with Crippen LogP contribution >= 0.6 is 0 Å². The van der Waals surface area contributed by atoms with E-state index in [9.17, 15) is 4.79 Å². The van der Waals surface area contributed by atoms with Gasteiger partial charge in [0.05, 0.1) is 6.10 Å². The molecule has 2 atom stereocenters. The third-order valence-corrected chi connectivity index (χ3v) is 1.89. The number of carbonyl (C=O) groups is 1. The van der Waals surface area contributed by atoms with Gasteiger partial charge in [0.25, 0.3) is 0 Å². The van der Waals surface area contributed by atoms with Crippen LogP contribution in [0.4, 0.5) is 4.79 Å². The summed E-state index contributed by atoms with van der Waals surface area (Å²) in [4.78, 5) is 12.9. The number of urea groups is 1. The van der Waals surface area contributed by atoms with Crippen molar-refractivity contribution in [2.24, 2.45) is 0 Å². The van der Waals surface area contributed by atoms with Crippen LogP contribution in [0, 0.1) is 0 Å². The number of amides is 2. The Hall–Kier alpha value is -0.770. The van der Waals surface area contributed by atoms with Crippen molar-refractivity contribution in [3.8, 4) is 0 Å². The molecule has 0 saturated carbocycles. The quantitative estimate of drug-likeness (QED) is 0.686. The minimum Gasteiger partial charge on any atom is -0.393 e. The van der Waals surface area contributed by atoms with E-state index in [-0.39, 0.29) is 18.2 Å². The summed E-state index contributed by atoms with van der Waals surface area (Å²) in [6.45, 7) is 6.20. The first-order valence-corrected chi connectivity index (χ1v) is 4.67. The second-order valence-electron chi connectivity index (χ2n) is 3.45. The predicted octanol–water partition coefficient (Wildman–Crippen LogP) is 0.807. The van der Waals surface area contributed by atoms with E-state index in [2.05, 4.69) is 5.32 Å². The third-order valence-electron chi connectivity index (χ3n) is 1.89. The van der Waals surface area contributed by atoms with Gasteiger partial charge in [-0.15, -0.1) is 0 Å². The van der Waals surface area contributed by atoms with E-state index in [1.165, 1.54) is 0 Å². The molecule has 0 spiro atoms. The number of hydrogen-bond acceptors (Lipinski definition) is 2. The van der Waals surface area contributed by atoms with Gasteiger partial charge in [-0.1, -0.05) is 0 Å². The highest BCUT2D eigenvalue weighted by molar-refractivity contribution is 5.74. The third kappa shape index (κ3) is 5.47. The topological polar surface area (TPSA) is 52.6 Å². The highest BCUT2D eigenvalue weighted by Gasteiger charge is 2.11. The van der Waals surface area contributed by atoms with Crippen LogP contribution in [0.1, 0.15) is 27.2 Å². The fourth-order valence-corrected chi connectivity index (χ4v) is 1.04. The largest absolute Gasteiger partial charge is 0.393 e. The molecule has 0 aromatic carbocycles. The van der Waals surface area contributed by atoms with E-state index >= 15 is 0 Å². The van der Waals surface area contributed by atoms with E-state index in [4.69, 9.17) is 5.11 Å². The van der Waals surface area contributed by atoms with Crippen LogP contribution in [0.5, 0.6) is 0 Å². The van der Waals surface area contributed by atoms with Gasteiger partial charge in [-0.25, -0.2) is 4.79 Å². The van der Waals surface area contributed by atoms with Crippen molar-refractivity contribution in [3.63, 3.8) is 0 Å². The van der Waals surface area contributed by atoms with Crippen molar-refractivity contribution >= 4 is 6.03 Å². The fourth-order valence-electron chi connectivity index (χ4n) is 1.04. The molecule has 78 valence electrons. The van der Waals surface area contributed by atoms with Gasteiger partial charge in [0.2, 0.25) is 0 Å². The van der Waals surface area contributed by atoms with Crippen LogP contribution in [0.15, 0.2) is 0 Å². The number of rotatable bonds is 4. The number of carbonyl (C=O) groups excluding carboxylic acids is 1. The zero-order chi connectivity index (χ0) is 10.4. The molecule has 0 aromatic rings. The van der Waals surface area contributed by atoms with E-state index in [1.807, 2.05) is 13.8 Å². The summed E-state index contributed by atoms with van der Waals surface area (Å²) in [5.41, 5.74) is 0. The molecule has 0 aliphatic rings. The van der Waals surface area contributed by atoms with Crippen LogP contribution in [0.3, 0.4) is 0 Å². The van der Waals surface area contributed by atoms with Gasteiger partial charge in [-0.05, 0) is 27.2 Å². The van der Waals surface area contributed by atoms with Crippen LogP contribution in [0.2, 0.25) is 0 Å². The van der Waals surface area contributed by atoms with Crippen LogP contribution in [-0.4, -0.2) is 41.8 Å². The van der Waals surface area contributed by atoms with Crippen molar-refractivity contribution in [3.05, 3.63) is 0 Å². The first-order valence-electron chi connectivity index (χ1n) is 4.67. The van der Waals surface area contributed by atoms with E-state index in [0.717, 1.165) is 0 Å². The summed E-state index contributed by atoms with van der Waals surface area (Å²) in [5, 5.41) is 11.9. The van der Waals surface area contributed by atoms with Gasteiger partial charge >= 0.3 is 6.03 Å². The van der Waals surface area contributed by atoms with Gasteiger partial charge in [0, 0.05) is 19.6 Å². The maximum absolute atomic E-state index is 11.3. The Balaban J connectivity index is 3.77. The molecular weight excluding hydrogens is 168 g/mol. The molecule has 13 heavy (non-hydrogen) atoms. The van der Waals surface area contributed by atoms with E-state index < -0.39 is 0 Å². The second-order valence-corrected chi connectivity index (χ2v) is 3.45. The Labute approximate surface area is 79.9 Å². The smallest absolute Gasteiger partial charge is 0.317 e. The normalized spacial score (nSPS) is 14.8. The summed E-state index contributed by atoms with van der Waals surface area (Å²) in [5.74, 6) is 0. The van der Waals surface area contributed by atoms with Gasteiger partial charge < -0.3 is 15.3 Å². The van der Waals surface area contributed by atoms with Gasteiger partial charge in [0.15, 0.2) is 0 Å². The Morgan fingerprint density at radius 2 is 2.08 bits per heavy atom. The van der Waals surface area contributed by atoms with E-state index in [0.29, 0.717) is 13.0 Å². The molecule has 4 heteroatoms. The Morgan fingerprint density at radius 3 is 2.46 bits per heavy atom. The number of aliphatic hydroxyl groups is 1. The summed E-state index contributed by atoms with van der Waals surface area (Å²) in [6.07, 6.45) is 0.214.